The predicted molar refractivity (Wildman–Crippen MR) is 297 cm³/mol. The van der Waals surface area contributed by atoms with E-state index in [1.807, 2.05) is 0 Å². The predicted octanol–water partition coefficient (Wildman–Crippen LogP) is 19.1. The normalized spacial score (nSPS) is 12.9. The van der Waals surface area contributed by atoms with E-state index in [2.05, 4.69) is 130 Å². The molecule has 0 heterocycles. The molecular formula is C63H104O6. The number of carbonyl (C=O) groups is 3. The lowest BCUT2D eigenvalue weighted by Gasteiger charge is -2.18. The van der Waals surface area contributed by atoms with E-state index in [9.17, 15) is 14.4 Å². The highest BCUT2D eigenvalue weighted by Gasteiger charge is 2.19. The minimum absolute atomic E-state index is 0.0903. The van der Waals surface area contributed by atoms with Gasteiger partial charge in [-0.25, -0.2) is 0 Å². The van der Waals surface area contributed by atoms with Crippen LogP contribution in [0, 0.1) is 0 Å². The van der Waals surface area contributed by atoms with Crippen molar-refractivity contribution in [1.29, 1.82) is 0 Å². The summed E-state index contributed by atoms with van der Waals surface area (Å²) >= 11 is 0. The second kappa shape index (κ2) is 56.7. The largest absolute Gasteiger partial charge is 0.462 e. The summed E-state index contributed by atoms with van der Waals surface area (Å²) in [6.07, 6.45) is 76.6. The van der Waals surface area contributed by atoms with E-state index >= 15 is 0 Å². The molecule has 1 atom stereocenters. The van der Waals surface area contributed by atoms with Crippen LogP contribution in [-0.4, -0.2) is 37.2 Å². The molecule has 0 spiro atoms. The summed E-state index contributed by atoms with van der Waals surface area (Å²) in [6.45, 7) is 6.44. The van der Waals surface area contributed by atoms with Crippen LogP contribution in [-0.2, 0) is 28.6 Å². The fourth-order valence-corrected chi connectivity index (χ4v) is 7.51. The van der Waals surface area contributed by atoms with Gasteiger partial charge in [-0.2, -0.15) is 0 Å². The second-order valence-corrected chi connectivity index (χ2v) is 18.5. The third-order valence-corrected chi connectivity index (χ3v) is 11.8. The van der Waals surface area contributed by atoms with Gasteiger partial charge in [0.1, 0.15) is 13.2 Å². The first kappa shape index (κ1) is 65.1. The molecule has 0 rings (SSSR count). The molecule has 0 aromatic heterocycles. The van der Waals surface area contributed by atoms with Crippen molar-refractivity contribution in [3.05, 3.63) is 109 Å². The zero-order valence-electron chi connectivity index (χ0n) is 44.8. The highest BCUT2D eigenvalue weighted by Crippen LogP contribution is 2.14. The molecular weight excluding hydrogens is 853 g/mol. The maximum absolute atomic E-state index is 12.8. The second-order valence-electron chi connectivity index (χ2n) is 18.5. The Hall–Kier alpha value is -3.93. The van der Waals surface area contributed by atoms with Crippen LogP contribution in [0.15, 0.2) is 109 Å². The van der Waals surface area contributed by atoms with Crippen molar-refractivity contribution < 1.29 is 28.6 Å². The number of allylic oxidation sites excluding steroid dienone is 18. The maximum Gasteiger partial charge on any atom is 0.306 e. The molecule has 392 valence electrons. The summed E-state index contributed by atoms with van der Waals surface area (Å²) in [6, 6.07) is 0. The molecule has 1 unspecified atom stereocenters. The van der Waals surface area contributed by atoms with Crippen molar-refractivity contribution >= 4 is 17.9 Å². The standard InChI is InChI=1S/C63H104O6/c1-4-7-10-13-16-19-21-23-25-27-28-29-30-31-32-33-34-35-36-37-39-40-42-44-47-50-53-56-62(65)68-59-60(58-67-61(64)55-52-49-46-18-15-12-9-6-3)69-63(66)57-54-51-48-45-43-41-38-26-24-22-20-17-14-11-8-5-2/h7,10,16,19-20,22-23,25-26,28-29,31-32,34-35,37-39,60H,4-6,8-9,11-15,17-18,21,24,27,30,33,36,40-59H2,1-3H3/b10-7-,19-16-,22-20-,25-23-,29-28-,32-31-,35-34-,38-26-,39-37-. The summed E-state index contributed by atoms with van der Waals surface area (Å²) in [5.41, 5.74) is 0. The van der Waals surface area contributed by atoms with Crippen LogP contribution in [0.3, 0.4) is 0 Å². The van der Waals surface area contributed by atoms with E-state index in [1.54, 1.807) is 0 Å². The van der Waals surface area contributed by atoms with Gasteiger partial charge in [-0.1, -0.05) is 233 Å². The molecule has 0 radical (unpaired) electrons. The Kier molecular flexibility index (Phi) is 53.4. The molecule has 6 nitrogen and oxygen atoms in total. The average Bonchev–Trinajstić information content (AvgIpc) is 3.35. The lowest BCUT2D eigenvalue weighted by Crippen LogP contribution is -2.30. The molecule has 69 heavy (non-hydrogen) atoms. The Morgan fingerprint density at radius 2 is 0.565 bits per heavy atom. The highest BCUT2D eigenvalue weighted by molar-refractivity contribution is 5.71. The lowest BCUT2D eigenvalue weighted by atomic mass is 10.1. The van der Waals surface area contributed by atoms with Gasteiger partial charge >= 0.3 is 17.9 Å². The fraction of sp³-hybridized carbons (Fsp3) is 0.667. The minimum atomic E-state index is -0.793. The van der Waals surface area contributed by atoms with E-state index in [-0.39, 0.29) is 31.1 Å². The molecule has 0 aromatic rings. The quantitative estimate of drug-likeness (QED) is 0.0262. The zero-order chi connectivity index (χ0) is 50.0. The minimum Gasteiger partial charge on any atom is -0.462 e. The molecule has 0 saturated heterocycles. The van der Waals surface area contributed by atoms with Crippen molar-refractivity contribution in [1.82, 2.24) is 0 Å². The SMILES string of the molecule is CC/C=C\C/C=C\C/C=C\C/C=C\C/C=C\C/C=C\C/C=C\CCCCCCCC(=O)OCC(COC(=O)CCCCCCCCCC)OC(=O)CCCCCCC/C=C\C/C=C\CCCCCC. The van der Waals surface area contributed by atoms with Gasteiger partial charge in [0, 0.05) is 19.3 Å². The van der Waals surface area contributed by atoms with Crippen LogP contribution in [0.4, 0.5) is 0 Å². The number of esters is 3. The highest BCUT2D eigenvalue weighted by atomic mass is 16.6. The number of unbranched alkanes of at least 4 members (excludes halogenated alkanes) is 21. The van der Waals surface area contributed by atoms with E-state index in [0.29, 0.717) is 19.3 Å². The average molecular weight is 958 g/mol. The molecule has 0 N–H and O–H groups in total. The van der Waals surface area contributed by atoms with E-state index in [0.717, 1.165) is 148 Å². The monoisotopic (exact) mass is 957 g/mol. The molecule has 0 aliphatic carbocycles. The van der Waals surface area contributed by atoms with Crippen LogP contribution in [0.5, 0.6) is 0 Å². The summed E-state index contributed by atoms with van der Waals surface area (Å²) in [5, 5.41) is 0. The smallest absolute Gasteiger partial charge is 0.306 e. The molecule has 0 aliphatic heterocycles. The fourth-order valence-electron chi connectivity index (χ4n) is 7.51. The first-order valence-corrected chi connectivity index (χ1v) is 28.4. The molecule has 0 bridgehead atoms. The van der Waals surface area contributed by atoms with Gasteiger partial charge in [-0.05, 0) is 109 Å². The molecule has 0 aromatic carbocycles. The third-order valence-electron chi connectivity index (χ3n) is 11.8. The molecule has 6 heteroatoms. The first-order chi connectivity index (χ1) is 34.0. The molecule has 0 fully saturated rings. The van der Waals surface area contributed by atoms with E-state index in [4.69, 9.17) is 14.2 Å². The number of carbonyl (C=O) groups excluding carboxylic acids is 3. The van der Waals surface area contributed by atoms with Gasteiger partial charge < -0.3 is 14.2 Å². The zero-order valence-corrected chi connectivity index (χ0v) is 44.8. The molecule has 0 aliphatic rings. The number of hydrogen-bond acceptors (Lipinski definition) is 6. The van der Waals surface area contributed by atoms with Crippen molar-refractivity contribution in [3.8, 4) is 0 Å². The van der Waals surface area contributed by atoms with Crippen molar-refractivity contribution in [2.45, 2.75) is 258 Å². The number of ether oxygens (including phenoxy) is 3. The van der Waals surface area contributed by atoms with Gasteiger partial charge in [0.05, 0.1) is 0 Å². The van der Waals surface area contributed by atoms with Gasteiger partial charge in [-0.3, -0.25) is 14.4 Å². The maximum atomic E-state index is 12.8. The van der Waals surface area contributed by atoms with E-state index < -0.39 is 6.10 Å². The Bertz CT molecular complexity index is 1420. The van der Waals surface area contributed by atoms with Crippen molar-refractivity contribution in [3.63, 3.8) is 0 Å². The third kappa shape index (κ3) is 54.9. The Morgan fingerprint density at radius 3 is 0.899 bits per heavy atom. The Morgan fingerprint density at radius 1 is 0.304 bits per heavy atom. The van der Waals surface area contributed by atoms with Gasteiger partial charge in [0.25, 0.3) is 0 Å². The summed E-state index contributed by atoms with van der Waals surface area (Å²) in [5.74, 6) is -0.930. The Labute approximate surface area is 425 Å². The van der Waals surface area contributed by atoms with Crippen LogP contribution in [0.1, 0.15) is 252 Å². The molecule has 0 saturated carbocycles. The topological polar surface area (TPSA) is 78.9 Å². The van der Waals surface area contributed by atoms with Gasteiger partial charge in [0.2, 0.25) is 0 Å². The van der Waals surface area contributed by atoms with Gasteiger partial charge in [0.15, 0.2) is 6.10 Å². The van der Waals surface area contributed by atoms with Crippen LogP contribution in [0.2, 0.25) is 0 Å². The summed E-state index contributed by atoms with van der Waals surface area (Å²) in [4.78, 5) is 38.0. The van der Waals surface area contributed by atoms with Crippen molar-refractivity contribution in [2.75, 3.05) is 13.2 Å². The van der Waals surface area contributed by atoms with Crippen molar-refractivity contribution in [2.24, 2.45) is 0 Å². The Balaban J connectivity index is 4.30. The lowest BCUT2D eigenvalue weighted by molar-refractivity contribution is -0.167. The van der Waals surface area contributed by atoms with Crippen LogP contribution < -0.4 is 0 Å². The van der Waals surface area contributed by atoms with Gasteiger partial charge in [-0.15, -0.1) is 0 Å². The summed E-state index contributed by atoms with van der Waals surface area (Å²) < 4.78 is 16.8. The number of rotatable bonds is 50. The summed E-state index contributed by atoms with van der Waals surface area (Å²) in [7, 11) is 0. The first-order valence-electron chi connectivity index (χ1n) is 28.4. The van der Waals surface area contributed by atoms with E-state index in [1.165, 1.54) is 64.2 Å². The molecule has 0 amide bonds. The van der Waals surface area contributed by atoms with Crippen LogP contribution >= 0.6 is 0 Å². The number of hydrogen-bond donors (Lipinski definition) is 0. The van der Waals surface area contributed by atoms with Crippen LogP contribution in [0.25, 0.3) is 0 Å².